The number of thiophene rings is 1. The fourth-order valence-corrected chi connectivity index (χ4v) is 3.77. The van der Waals surface area contributed by atoms with Crippen molar-refractivity contribution in [1.82, 2.24) is 14.9 Å². The molecule has 1 atom stereocenters. The number of benzene rings is 1. The predicted octanol–water partition coefficient (Wildman–Crippen LogP) is 3.38. The topological polar surface area (TPSA) is 41.0 Å². The van der Waals surface area contributed by atoms with Gasteiger partial charge in [0, 0.05) is 25.7 Å². The lowest BCUT2D eigenvalue weighted by atomic mass is 10.2. The highest BCUT2D eigenvalue weighted by Gasteiger charge is 2.23. The smallest absolute Gasteiger partial charge is 0.138 e. The Bertz CT molecular complexity index is 755. The zero-order valence-electron chi connectivity index (χ0n) is 12.3. The Kier molecular flexibility index (Phi) is 3.74. The van der Waals surface area contributed by atoms with Crippen LogP contribution in [-0.4, -0.2) is 34.0 Å². The van der Waals surface area contributed by atoms with Gasteiger partial charge in [0.15, 0.2) is 0 Å². The molecule has 1 N–H and O–H groups in total. The molecule has 5 heteroatoms. The van der Waals surface area contributed by atoms with E-state index in [0.29, 0.717) is 6.04 Å². The molecule has 0 bridgehead atoms. The van der Waals surface area contributed by atoms with Gasteiger partial charge in [-0.25, -0.2) is 9.97 Å². The summed E-state index contributed by atoms with van der Waals surface area (Å²) >= 11 is 1.66. The van der Waals surface area contributed by atoms with Crippen LogP contribution in [0.15, 0.2) is 48.1 Å². The number of hydrogen-bond acceptors (Lipinski definition) is 5. The SMILES string of the molecule is c1ccc(CN2CCC(Nc3ncnc4sccc34)C2)cc1. The third-order valence-corrected chi connectivity index (χ3v) is 4.94. The van der Waals surface area contributed by atoms with E-state index in [9.17, 15) is 0 Å². The molecule has 1 saturated heterocycles. The van der Waals surface area contributed by atoms with E-state index in [-0.39, 0.29) is 0 Å². The molecule has 2 aromatic heterocycles. The summed E-state index contributed by atoms with van der Waals surface area (Å²) in [4.78, 5) is 12.3. The number of aromatic nitrogens is 2. The monoisotopic (exact) mass is 310 g/mol. The Morgan fingerprint density at radius 2 is 2.09 bits per heavy atom. The lowest BCUT2D eigenvalue weighted by molar-refractivity contribution is 0.328. The summed E-state index contributed by atoms with van der Waals surface area (Å²) in [6, 6.07) is 13.2. The van der Waals surface area contributed by atoms with Crippen LogP contribution in [-0.2, 0) is 6.54 Å². The highest BCUT2D eigenvalue weighted by atomic mass is 32.1. The molecular formula is C17H18N4S. The molecule has 3 heterocycles. The van der Waals surface area contributed by atoms with Crippen molar-refractivity contribution in [2.75, 3.05) is 18.4 Å². The van der Waals surface area contributed by atoms with Crippen LogP contribution in [0, 0.1) is 0 Å². The van der Waals surface area contributed by atoms with Gasteiger partial charge in [-0.05, 0) is 23.4 Å². The molecule has 0 amide bonds. The maximum absolute atomic E-state index is 4.42. The Labute approximate surface area is 133 Å². The molecule has 0 spiro atoms. The van der Waals surface area contributed by atoms with Gasteiger partial charge in [0.2, 0.25) is 0 Å². The standard InChI is InChI=1S/C17H18N4S/c1-2-4-13(5-3-1)10-21-8-6-14(11-21)20-16-15-7-9-22-17(15)19-12-18-16/h1-5,7,9,12,14H,6,8,10-11H2,(H,18,19,20). The third kappa shape index (κ3) is 2.82. The van der Waals surface area contributed by atoms with E-state index in [2.05, 4.69) is 62.0 Å². The Balaban J connectivity index is 1.42. The highest BCUT2D eigenvalue weighted by Crippen LogP contribution is 2.25. The Morgan fingerprint density at radius 3 is 3.00 bits per heavy atom. The first kappa shape index (κ1) is 13.7. The number of anilines is 1. The van der Waals surface area contributed by atoms with Gasteiger partial charge in [0.1, 0.15) is 17.0 Å². The molecule has 3 aromatic rings. The minimum absolute atomic E-state index is 0.460. The normalized spacial score (nSPS) is 18.8. The number of rotatable bonds is 4. The summed E-state index contributed by atoms with van der Waals surface area (Å²) in [5, 5.41) is 6.80. The molecule has 22 heavy (non-hydrogen) atoms. The fraction of sp³-hybridized carbons (Fsp3) is 0.294. The van der Waals surface area contributed by atoms with Crippen molar-refractivity contribution in [3.63, 3.8) is 0 Å². The largest absolute Gasteiger partial charge is 0.365 e. The molecule has 1 aromatic carbocycles. The third-order valence-electron chi connectivity index (χ3n) is 4.12. The zero-order chi connectivity index (χ0) is 14.8. The van der Waals surface area contributed by atoms with Gasteiger partial charge < -0.3 is 5.32 Å². The van der Waals surface area contributed by atoms with Gasteiger partial charge in [-0.3, -0.25) is 4.90 Å². The first-order valence-corrected chi connectivity index (χ1v) is 8.47. The molecule has 0 radical (unpaired) electrons. The Morgan fingerprint density at radius 1 is 1.18 bits per heavy atom. The van der Waals surface area contributed by atoms with E-state index >= 15 is 0 Å². The van der Waals surface area contributed by atoms with Gasteiger partial charge in [0.25, 0.3) is 0 Å². The molecule has 0 saturated carbocycles. The van der Waals surface area contributed by atoms with E-state index in [0.717, 1.165) is 42.1 Å². The summed E-state index contributed by atoms with van der Waals surface area (Å²) < 4.78 is 0. The molecule has 0 aliphatic carbocycles. The molecule has 1 fully saturated rings. The van der Waals surface area contributed by atoms with E-state index in [1.54, 1.807) is 17.7 Å². The summed E-state index contributed by atoms with van der Waals surface area (Å²) in [6.07, 6.45) is 2.81. The molecular weight excluding hydrogens is 292 g/mol. The van der Waals surface area contributed by atoms with Crippen LogP contribution in [0.2, 0.25) is 0 Å². The van der Waals surface area contributed by atoms with Gasteiger partial charge in [0.05, 0.1) is 5.39 Å². The van der Waals surface area contributed by atoms with Crippen molar-refractivity contribution >= 4 is 27.4 Å². The minimum atomic E-state index is 0.460. The summed E-state index contributed by atoms with van der Waals surface area (Å²) in [5.41, 5.74) is 1.38. The second-order valence-corrected chi connectivity index (χ2v) is 6.61. The first-order chi connectivity index (χ1) is 10.9. The van der Waals surface area contributed by atoms with E-state index in [4.69, 9.17) is 0 Å². The quantitative estimate of drug-likeness (QED) is 0.802. The molecule has 4 nitrogen and oxygen atoms in total. The van der Waals surface area contributed by atoms with Crippen LogP contribution in [0.25, 0.3) is 10.2 Å². The lowest BCUT2D eigenvalue weighted by Gasteiger charge is -2.17. The summed E-state index contributed by atoms with van der Waals surface area (Å²) in [5.74, 6) is 0.970. The van der Waals surface area contributed by atoms with Crippen molar-refractivity contribution in [2.45, 2.75) is 19.0 Å². The number of nitrogens with one attached hydrogen (secondary N) is 1. The summed E-state index contributed by atoms with van der Waals surface area (Å²) in [6.45, 7) is 3.21. The van der Waals surface area contributed by atoms with E-state index in [1.807, 2.05) is 0 Å². The maximum Gasteiger partial charge on any atom is 0.138 e. The van der Waals surface area contributed by atoms with Crippen molar-refractivity contribution in [3.8, 4) is 0 Å². The fourth-order valence-electron chi connectivity index (χ4n) is 3.03. The molecule has 1 aliphatic heterocycles. The molecule has 4 rings (SSSR count). The molecule has 1 unspecified atom stereocenters. The lowest BCUT2D eigenvalue weighted by Crippen LogP contribution is -2.26. The van der Waals surface area contributed by atoms with Gasteiger partial charge in [-0.15, -0.1) is 11.3 Å². The van der Waals surface area contributed by atoms with Crippen molar-refractivity contribution in [1.29, 1.82) is 0 Å². The highest BCUT2D eigenvalue weighted by molar-refractivity contribution is 7.16. The van der Waals surface area contributed by atoms with Crippen molar-refractivity contribution in [2.24, 2.45) is 0 Å². The van der Waals surface area contributed by atoms with Crippen LogP contribution >= 0.6 is 11.3 Å². The van der Waals surface area contributed by atoms with Gasteiger partial charge in [-0.1, -0.05) is 30.3 Å². The Hall–Kier alpha value is -1.98. The van der Waals surface area contributed by atoms with E-state index in [1.165, 1.54) is 5.56 Å². The minimum Gasteiger partial charge on any atom is -0.365 e. The van der Waals surface area contributed by atoms with Gasteiger partial charge >= 0.3 is 0 Å². The summed E-state index contributed by atoms with van der Waals surface area (Å²) in [7, 11) is 0. The molecule has 112 valence electrons. The van der Waals surface area contributed by atoms with Crippen LogP contribution in [0.3, 0.4) is 0 Å². The van der Waals surface area contributed by atoms with Crippen LogP contribution < -0.4 is 5.32 Å². The van der Waals surface area contributed by atoms with Crippen molar-refractivity contribution in [3.05, 3.63) is 53.7 Å². The van der Waals surface area contributed by atoms with Crippen LogP contribution in [0.5, 0.6) is 0 Å². The van der Waals surface area contributed by atoms with Crippen LogP contribution in [0.4, 0.5) is 5.82 Å². The predicted molar refractivity (Wildman–Crippen MR) is 91.2 cm³/mol. The van der Waals surface area contributed by atoms with Crippen LogP contribution in [0.1, 0.15) is 12.0 Å². The second kappa shape index (κ2) is 6.02. The second-order valence-electron chi connectivity index (χ2n) is 5.71. The number of fused-ring (bicyclic) bond motifs is 1. The maximum atomic E-state index is 4.42. The zero-order valence-corrected chi connectivity index (χ0v) is 13.1. The molecule has 1 aliphatic rings. The average Bonchev–Trinajstić information content (AvgIpc) is 3.18. The number of nitrogens with zero attached hydrogens (tertiary/aromatic N) is 3. The van der Waals surface area contributed by atoms with E-state index < -0.39 is 0 Å². The van der Waals surface area contributed by atoms with Gasteiger partial charge in [-0.2, -0.15) is 0 Å². The first-order valence-electron chi connectivity index (χ1n) is 7.59. The number of likely N-dealkylation sites (tertiary alicyclic amines) is 1. The van der Waals surface area contributed by atoms with Crippen molar-refractivity contribution < 1.29 is 0 Å². The number of hydrogen-bond donors (Lipinski definition) is 1. The average molecular weight is 310 g/mol.